The van der Waals surface area contributed by atoms with Crippen molar-refractivity contribution < 1.29 is 13.2 Å². The first-order valence-corrected chi connectivity index (χ1v) is 10.7. The molecule has 0 aliphatic carbocycles. The maximum absolute atomic E-state index is 12.4. The highest BCUT2D eigenvalue weighted by Gasteiger charge is 2.13. The van der Waals surface area contributed by atoms with E-state index < -0.39 is 10.0 Å². The molecule has 3 rings (SSSR count). The zero-order valence-corrected chi connectivity index (χ0v) is 17.0. The number of carbonyl (C=O) groups is 1. The minimum atomic E-state index is -3.65. The van der Waals surface area contributed by atoms with Gasteiger partial charge in [0.05, 0.1) is 4.90 Å². The van der Waals surface area contributed by atoms with E-state index in [1.165, 1.54) is 30.3 Å². The van der Waals surface area contributed by atoms with Gasteiger partial charge >= 0.3 is 0 Å². The molecule has 7 heteroatoms. The van der Waals surface area contributed by atoms with E-state index >= 15 is 0 Å². The summed E-state index contributed by atoms with van der Waals surface area (Å²) in [7, 11) is -3.65. The second-order valence-corrected chi connectivity index (χ2v) is 8.35. The van der Waals surface area contributed by atoms with Crippen LogP contribution in [0.5, 0.6) is 0 Å². The molecule has 0 aliphatic heterocycles. The molecule has 0 bridgehead atoms. The molecule has 0 atom stereocenters. The highest BCUT2D eigenvalue weighted by molar-refractivity contribution is 7.89. The van der Waals surface area contributed by atoms with Crippen molar-refractivity contribution in [2.24, 2.45) is 0 Å². The third-order valence-corrected chi connectivity index (χ3v) is 5.82. The van der Waals surface area contributed by atoms with Crippen LogP contribution in [0.25, 0.3) is 6.08 Å². The topological polar surface area (TPSA) is 75.3 Å². The molecule has 0 radical (unpaired) electrons. The molecule has 0 heterocycles. The monoisotopic (exact) mass is 426 g/mol. The molecule has 29 heavy (non-hydrogen) atoms. The Balaban J connectivity index is 1.60. The smallest absolute Gasteiger partial charge is 0.248 e. The number of sulfonamides is 1. The molecule has 148 valence electrons. The van der Waals surface area contributed by atoms with E-state index in [1.54, 1.807) is 18.2 Å². The molecule has 0 aliphatic rings. The van der Waals surface area contributed by atoms with Crippen molar-refractivity contribution in [2.45, 2.75) is 11.4 Å². The second kappa shape index (κ2) is 9.52. The summed E-state index contributed by atoms with van der Waals surface area (Å²) in [6.45, 7) is 0.203. The molecule has 2 N–H and O–H groups in total. The molecular formula is C22H19ClN2O3S. The Morgan fingerprint density at radius 2 is 1.55 bits per heavy atom. The van der Waals surface area contributed by atoms with E-state index in [0.29, 0.717) is 10.7 Å². The van der Waals surface area contributed by atoms with Crippen LogP contribution < -0.4 is 10.0 Å². The number of carbonyl (C=O) groups excluding carboxylic acids is 1. The van der Waals surface area contributed by atoms with Crippen molar-refractivity contribution in [2.75, 3.05) is 5.32 Å². The van der Waals surface area contributed by atoms with Crippen LogP contribution in [-0.2, 0) is 21.4 Å². The molecule has 0 unspecified atom stereocenters. The zero-order chi connectivity index (χ0) is 20.7. The minimum Gasteiger partial charge on any atom is -0.323 e. The highest BCUT2D eigenvalue weighted by atomic mass is 35.5. The van der Waals surface area contributed by atoms with E-state index in [-0.39, 0.29) is 17.3 Å². The Morgan fingerprint density at radius 3 is 2.24 bits per heavy atom. The molecule has 0 spiro atoms. The quantitative estimate of drug-likeness (QED) is 0.547. The van der Waals surface area contributed by atoms with Crippen LogP contribution in [0.15, 0.2) is 89.8 Å². The maximum Gasteiger partial charge on any atom is 0.248 e. The molecular weight excluding hydrogens is 408 g/mol. The van der Waals surface area contributed by atoms with Gasteiger partial charge in [-0.3, -0.25) is 4.79 Å². The van der Waals surface area contributed by atoms with Gasteiger partial charge in [-0.1, -0.05) is 60.1 Å². The van der Waals surface area contributed by atoms with Gasteiger partial charge in [0.2, 0.25) is 15.9 Å². The number of halogens is 1. The van der Waals surface area contributed by atoms with Gasteiger partial charge in [0, 0.05) is 23.3 Å². The summed E-state index contributed by atoms with van der Waals surface area (Å²) in [4.78, 5) is 12.2. The van der Waals surface area contributed by atoms with Gasteiger partial charge in [-0.2, -0.15) is 0 Å². The zero-order valence-electron chi connectivity index (χ0n) is 15.4. The van der Waals surface area contributed by atoms with Crippen LogP contribution in [0.3, 0.4) is 0 Å². The largest absolute Gasteiger partial charge is 0.323 e. The van der Waals surface area contributed by atoms with Gasteiger partial charge in [0.15, 0.2) is 0 Å². The fraction of sp³-hybridized carbons (Fsp3) is 0.0455. The van der Waals surface area contributed by atoms with Crippen molar-refractivity contribution >= 4 is 39.3 Å². The lowest BCUT2D eigenvalue weighted by Gasteiger charge is -2.08. The number of hydrogen-bond donors (Lipinski definition) is 2. The van der Waals surface area contributed by atoms with Gasteiger partial charge < -0.3 is 5.32 Å². The third-order valence-electron chi connectivity index (χ3n) is 4.06. The van der Waals surface area contributed by atoms with Crippen LogP contribution in [0.4, 0.5) is 5.69 Å². The second-order valence-electron chi connectivity index (χ2n) is 6.18. The van der Waals surface area contributed by atoms with Crippen molar-refractivity contribution in [3.63, 3.8) is 0 Å². The van der Waals surface area contributed by atoms with Crippen LogP contribution in [0.2, 0.25) is 5.02 Å². The average Bonchev–Trinajstić information content (AvgIpc) is 2.73. The SMILES string of the molecule is O=C(/C=C/c1ccccc1Cl)Nc1ccc(S(=O)(=O)NCc2ccccc2)cc1. The van der Waals surface area contributed by atoms with E-state index in [0.717, 1.165) is 11.1 Å². The predicted molar refractivity (Wildman–Crippen MR) is 116 cm³/mol. The average molecular weight is 427 g/mol. The summed E-state index contributed by atoms with van der Waals surface area (Å²) < 4.78 is 27.4. The molecule has 0 aromatic heterocycles. The molecule has 3 aromatic carbocycles. The van der Waals surface area contributed by atoms with E-state index in [2.05, 4.69) is 10.0 Å². The number of amides is 1. The Kier molecular flexibility index (Phi) is 6.82. The first-order valence-electron chi connectivity index (χ1n) is 8.81. The van der Waals surface area contributed by atoms with Gasteiger partial charge in [-0.25, -0.2) is 13.1 Å². The number of anilines is 1. The van der Waals surface area contributed by atoms with Crippen molar-refractivity contribution in [1.29, 1.82) is 0 Å². The summed E-state index contributed by atoms with van der Waals surface area (Å²) in [5.74, 6) is -0.345. The fourth-order valence-corrected chi connectivity index (χ4v) is 3.75. The summed E-state index contributed by atoms with van der Waals surface area (Å²) >= 11 is 6.05. The summed E-state index contributed by atoms with van der Waals surface area (Å²) in [5, 5.41) is 3.23. The first-order chi connectivity index (χ1) is 13.9. The highest BCUT2D eigenvalue weighted by Crippen LogP contribution is 2.17. The first kappa shape index (κ1) is 20.8. The summed E-state index contributed by atoms with van der Waals surface area (Å²) in [6.07, 6.45) is 2.98. The van der Waals surface area contributed by atoms with Crippen LogP contribution in [-0.4, -0.2) is 14.3 Å². The Morgan fingerprint density at radius 1 is 0.897 bits per heavy atom. The third kappa shape index (κ3) is 6.02. The molecule has 5 nitrogen and oxygen atoms in total. The standard InChI is InChI=1S/C22H19ClN2O3S/c23-21-9-5-4-8-18(21)10-15-22(26)25-19-11-13-20(14-12-19)29(27,28)24-16-17-6-2-1-3-7-17/h1-15,24H,16H2,(H,25,26)/b15-10+. The molecule has 0 saturated heterocycles. The minimum absolute atomic E-state index is 0.123. The van der Waals surface area contributed by atoms with Crippen molar-refractivity contribution in [3.05, 3.63) is 101 Å². The lowest BCUT2D eigenvalue weighted by Crippen LogP contribution is -2.23. The van der Waals surface area contributed by atoms with Crippen LogP contribution >= 0.6 is 11.6 Å². The van der Waals surface area contributed by atoms with Crippen molar-refractivity contribution in [1.82, 2.24) is 4.72 Å². The van der Waals surface area contributed by atoms with Gasteiger partial charge in [0.1, 0.15) is 0 Å². The normalized spacial score (nSPS) is 11.5. The summed E-state index contributed by atoms with van der Waals surface area (Å²) in [5.41, 5.74) is 2.08. The predicted octanol–water partition coefficient (Wildman–Crippen LogP) is 4.47. The molecule has 0 fully saturated rings. The van der Waals surface area contributed by atoms with Crippen LogP contribution in [0, 0.1) is 0 Å². The van der Waals surface area contributed by atoms with Crippen molar-refractivity contribution in [3.8, 4) is 0 Å². The van der Waals surface area contributed by atoms with E-state index in [4.69, 9.17) is 11.6 Å². The number of rotatable bonds is 7. The summed E-state index contributed by atoms with van der Waals surface area (Å²) in [6, 6.07) is 22.4. The maximum atomic E-state index is 12.4. The molecule has 0 saturated carbocycles. The lowest BCUT2D eigenvalue weighted by atomic mass is 10.2. The Labute approximate surface area is 175 Å². The number of benzene rings is 3. The lowest BCUT2D eigenvalue weighted by molar-refractivity contribution is -0.111. The molecule has 1 amide bonds. The van der Waals surface area contributed by atoms with E-state index in [1.807, 2.05) is 42.5 Å². The van der Waals surface area contributed by atoms with Gasteiger partial charge in [-0.15, -0.1) is 0 Å². The van der Waals surface area contributed by atoms with E-state index in [9.17, 15) is 13.2 Å². The van der Waals surface area contributed by atoms with Crippen LogP contribution in [0.1, 0.15) is 11.1 Å². The van der Waals surface area contributed by atoms with Gasteiger partial charge in [0.25, 0.3) is 0 Å². The fourth-order valence-electron chi connectivity index (χ4n) is 2.53. The Hall–Kier alpha value is -2.93. The molecule has 3 aromatic rings. The Bertz CT molecular complexity index is 1110. The van der Waals surface area contributed by atoms with Gasteiger partial charge in [-0.05, 0) is 47.5 Å². The number of nitrogens with one attached hydrogen (secondary N) is 2. The number of hydrogen-bond acceptors (Lipinski definition) is 3.